The molecule has 160 valence electrons. The first-order chi connectivity index (χ1) is 14.5. The summed E-state index contributed by atoms with van der Waals surface area (Å²) in [6.45, 7) is 1.55. The van der Waals surface area contributed by atoms with E-state index in [-0.39, 0.29) is 29.2 Å². The van der Waals surface area contributed by atoms with Gasteiger partial charge < -0.3 is 10.1 Å². The third kappa shape index (κ3) is 4.07. The number of ether oxygens (including phenoxy) is 1. The van der Waals surface area contributed by atoms with E-state index < -0.39 is 15.9 Å². The maximum absolute atomic E-state index is 12.5. The minimum Gasteiger partial charge on any atom is -0.489 e. The van der Waals surface area contributed by atoms with Gasteiger partial charge >= 0.3 is 0 Å². The molecule has 30 heavy (non-hydrogen) atoms. The third-order valence-corrected chi connectivity index (χ3v) is 7.55. The highest BCUT2D eigenvalue weighted by Gasteiger charge is 2.40. The summed E-state index contributed by atoms with van der Waals surface area (Å²) in [5, 5.41) is 3.36. The summed E-state index contributed by atoms with van der Waals surface area (Å²) in [6.07, 6.45) is 1.99. The van der Waals surface area contributed by atoms with E-state index in [2.05, 4.69) is 18.2 Å². The van der Waals surface area contributed by atoms with Crippen LogP contribution < -0.4 is 10.1 Å². The quantitative estimate of drug-likeness (QED) is 0.490. The van der Waals surface area contributed by atoms with Gasteiger partial charge in [-0.1, -0.05) is 30.3 Å². The molecule has 2 aromatic carbocycles. The van der Waals surface area contributed by atoms with E-state index in [0.29, 0.717) is 19.5 Å². The molecule has 0 saturated carbocycles. The van der Waals surface area contributed by atoms with Gasteiger partial charge in [-0.05, 0) is 37.6 Å². The Morgan fingerprint density at radius 3 is 2.70 bits per heavy atom. The highest BCUT2D eigenvalue weighted by molar-refractivity contribution is 7.90. The smallest absolute Gasteiger partial charge is 0.269 e. The number of benzene rings is 2. The van der Waals surface area contributed by atoms with Crippen LogP contribution in [0.15, 0.2) is 53.4 Å². The molecular formula is C21H25N2O5S2+. The normalized spacial score (nSPS) is 21.8. The Balaban J connectivity index is 1.22. The van der Waals surface area contributed by atoms with Crippen molar-refractivity contribution in [2.75, 3.05) is 19.6 Å². The molecule has 2 aromatic rings. The van der Waals surface area contributed by atoms with E-state index in [1.807, 2.05) is 24.3 Å². The lowest BCUT2D eigenvalue weighted by Crippen LogP contribution is -2.36. The molecule has 4 rings (SSSR count). The standard InChI is InChI=1S/C21H24N2O5S2/c24-21-17-8-2-4-10-20(17)30(25,26)23(21)12-6-5-11-22-14-15-13-19(28-29)16-7-1-3-9-18(16)27-15/h1-4,7-10,15,19,22,29H,5-6,11-14H2/p+1. The molecule has 0 bridgehead atoms. The maximum Gasteiger partial charge on any atom is 0.269 e. The number of carbonyl (C=O) groups is 1. The molecule has 0 aliphatic carbocycles. The number of unbranched alkanes of at least 4 members (excludes halogenated alkanes) is 1. The van der Waals surface area contributed by atoms with Gasteiger partial charge in [0.2, 0.25) is 0 Å². The van der Waals surface area contributed by atoms with Crippen LogP contribution in [0.3, 0.4) is 0 Å². The van der Waals surface area contributed by atoms with Crippen LogP contribution in [0.5, 0.6) is 5.75 Å². The van der Waals surface area contributed by atoms with Gasteiger partial charge in [-0.15, -0.1) is 0 Å². The molecule has 7 nitrogen and oxygen atoms in total. The van der Waals surface area contributed by atoms with Gasteiger partial charge in [0, 0.05) is 25.1 Å². The van der Waals surface area contributed by atoms with Gasteiger partial charge in [-0.2, -0.15) is 4.18 Å². The molecule has 0 fully saturated rings. The van der Waals surface area contributed by atoms with E-state index in [1.165, 1.54) is 6.07 Å². The maximum atomic E-state index is 12.5. The molecule has 2 aliphatic rings. The number of hydrogen-bond donors (Lipinski definition) is 1. The summed E-state index contributed by atoms with van der Waals surface area (Å²) in [4.78, 5) is 12.5. The third-order valence-electron chi connectivity index (χ3n) is 5.43. The van der Waals surface area contributed by atoms with E-state index in [9.17, 15) is 13.2 Å². The van der Waals surface area contributed by atoms with Crippen molar-refractivity contribution in [1.82, 2.24) is 9.62 Å². The molecule has 2 unspecified atom stereocenters. The van der Waals surface area contributed by atoms with Crippen molar-refractivity contribution in [2.24, 2.45) is 0 Å². The van der Waals surface area contributed by atoms with E-state index >= 15 is 0 Å². The Kier molecular flexibility index (Phi) is 6.33. The van der Waals surface area contributed by atoms with Crippen molar-refractivity contribution in [3.8, 4) is 5.75 Å². The first-order valence-electron chi connectivity index (χ1n) is 9.97. The number of hydrogen-bond acceptors (Lipinski definition) is 6. The Hall–Kier alpha value is -2.07. The van der Waals surface area contributed by atoms with E-state index in [4.69, 9.17) is 8.92 Å². The summed E-state index contributed by atoms with van der Waals surface area (Å²) >= 11 is 3.16. The van der Waals surface area contributed by atoms with Crippen LogP contribution in [0.4, 0.5) is 0 Å². The molecule has 1 amide bonds. The molecule has 2 atom stereocenters. The molecule has 1 N–H and O–H groups in total. The van der Waals surface area contributed by atoms with Crippen molar-refractivity contribution in [3.63, 3.8) is 0 Å². The molecule has 0 radical (unpaired) electrons. The minimum atomic E-state index is -3.72. The zero-order chi connectivity index (χ0) is 21.1. The molecule has 9 heteroatoms. The van der Waals surface area contributed by atoms with Gasteiger partial charge in [0.1, 0.15) is 35.8 Å². The molecule has 0 aromatic heterocycles. The Morgan fingerprint density at radius 2 is 1.90 bits per heavy atom. The van der Waals surface area contributed by atoms with Crippen LogP contribution in [-0.4, -0.2) is 44.4 Å². The summed E-state index contributed by atoms with van der Waals surface area (Å²) in [5.74, 6) is 0.393. The Morgan fingerprint density at radius 1 is 1.13 bits per heavy atom. The first-order valence-corrected chi connectivity index (χ1v) is 11.8. The summed E-state index contributed by atoms with van der Waals surface area (Å²) in [6, 6.07) is 14.2. The SMILES string of the molecule is O=C1c2ccccc2S(=O)(=O)N1CCCCNCC1CC(O[SH2+])c2ccccc2O1. The number of para-hydroxylation sites is 1. The number of rotatable bonds is 8. The summed E-state index contributed by atoms with van der Waals surface area (Å²) < 4.78 is 37.5. The largest absolute Gasteiger partial charge is 0.489 e. The van der Waals surface area contributed by atoms with Gasteiger partial charge in [0.05, 0.1) is 5.56 Å². The number of nitrogens with one attached hydrogen (secondary N) is 1. The van der Waals surface area contributed by atoms with E-state index in [1.54, 1.807) is 18.2 Å². The summed E-state index contributed by atoms with van der Waals surface area (Å²) in [7, 11) is -3.72. The van der Waals surface area contributed by atoms with Gasteiger partial charge in [-0.25, -0.2) is 12.7 Å². The van der Waals surface area contributed by atoms with Crippen LogP contribution in [0.1, 0.15) is 41.3 Å². The predicted molar refractivity (Wildman–Crippen MR) is 116 cm³/mol. The fraction of sp³-hybridized carbons (Fsp3) is 0.381. The van der Waals surface area contributed by atoms with Crippen LogP contribution in [-0.2, 0) is 27.1 Å². The topological polar surface area (TPSA) is 84.9 Å². The van der Waals surface area contributed by atoms with Crippen LogP contribution >= 0.6 is 0 Å². The number of sulfonamides is 1. The first kappa shape index (κ1) is 21.2. The van der Waals surface area contributed by atoms with Gasteiger partial charge in [0.25, 0.3) is 15.9 Å². The van der Waals surface area contributed by atoms with Crippen LogP contribution in [0, 0.1) is 0 Å². The zero-order valence-corrected chi connectivity index (χ0v) is 18.2. The van der Waals surface area contributed by atoms with Gasteiger partial charge in [0.15, 0.2) is 0 Å². The number of amides is 1. The lowest BCUT2D eigenvalue weighted by molar-refractivity contribution is 0.0869. The lowest BCUT2D eigenvalue weighted by atomic mass is 9.99. The molecule has 0 spiro atoms. The lowest BCUT2D eigenvalue weighted by Gasteiger charge is -2.29. The number of carbonyl (C=O) groups excluding carboxylic acids is 1. The molecule has 2 heterocycles. The molecular weight excluding hydrogens is 424 g/mol. The second-order valence-corrected chi connectivity index (χ2v) is 9.48. The molecule has 0 saturated heterocycles. The van der Waals surface area contributed by atoms with Gasteiger partial charge in [-0.3, -0.25) is 4.79 Å². The Labute approximate surface area is 182 Å². The summed E-state index contributed by atoms with van der Waals surface area (Å²) in [5.41, 5.74) is 1.29. The molecule has 2 aliphatic heterocycles. The van der Waals surface area contributed by atoms with Crippen molar-refractivity contribution in [1.29, 1.82) is 0 Å². The minimum absolute atomic E-state index is 0.0173. The number of nitrogens with zero attached hydrogens (tertiary/aromatic N) is 1. The van der Waals surface area contributed by atoms with Crippen molar-refractivity contribution < 1.29 is 22.1 Å². The number of fused-ring (bicyclic) bond motifs is 2. The van der Waals surface area contributed by atoms with Crippen LogP contribution in [0.25, 0.3) is 0 Å². The van der Waals surface area contributed by atoms with Crippen molar-refractivity contribution in [3.05, 3.63) is 59.7 Å². The average Bonchev–Trinajstić information content (AvgIpc) is 2.96. The van der Waals surface area contributed by atoms with Crippen molar-refractivity contribution >= 4 is 28.8 Å². The highest BCUT2D eigenvalue weighted by atomic mass is 32.2. The second kappa shape index (κ2) is 8.97. The fourth-order valence-electron chi connectivity index (χ4n) is 3.90. The Bertz CT molecular complexity index is 1030. The zero-order valence-electron chi connectivity index (χ0n) is 16.4. The average molecular weight is 450 g/mol. The predicted octanol–water partition coefficient (Wildman–Crippen LogP) is 2.04. The van der Waals surface area contributed by atoms with E-state index in [0.717, 1.165) is 28.5 Å². The monoisotopic (exact) mass is 449 g/mol. The van der Waals surface area contributed by atoms with Crippen LogP contribution in [0.2, 0.25) is 0 Å². The van der Waals surface area contributed by atoms with Crippen molar-refractivity contribution in [2.45, 2.75) is 36.4 Å². The second-order valence-electron chi connectivity index (χ2n) is 7.41. The fourth-order valence-corrected chi connectivity index (χ4v) is 5.74. The highest BCUT2D eigenvalue weighted by Crippen LogP contribution is 2.36.